The third-order valence-corrected chi connectivity index (χ3v) is 3.67. The highest BCUT2D eigenvalue weighted by Crippen LogP contribution is 2.15. The number of carbonyl (C=O) groups excluding carboxylic acids is 1. The lowest BCUT2D eigenvalue weighted by atomic mass is 10.1. The number of halogens is 1. The summed E-state index contributed by atoms with van der Waals surface area (Å²) >= 11 is 5.94. The summed E-state index contributed by atoms with van der Waals surface area (Å²) in [5, 5.41) is 6.75. The van der Waals surface area contributed by atoms with Crippen LogP contribution in [0.3, 0.4) is 0 Å². The van der Waals surface area contributed by atoms with Crippen LogP contribution in [0.4, 0.5) is 11.4 Å². The highest BCUT2D eigenvalue weighted by atomic mass is 35.5. The summed E-state index contributed by atoms with van der Waals surface area (Å²) < 4.78 is 0. The summed E-state index contributed by atoms with van der Waals surface area (Å²) in [7, 11) is 3.97. The van der Waals surface area contributed by atoms with Crippen LogP contribution in [0.25, 0.3) is 0 Å². The first-order valence-corrected chi connectivity index (χ1v) is 7.95. The number of benzene rings is 2. The Morgan fingerprint density at radius 3 is 2.52 bits per heavy atom. The van der Waals surface area contributed by atoms with Gasteiger partial charge in [-0.1, -0.05) is 23.7 Å². The molecule has 2 N–H and O–H groups in total. The minimum absolute atomic E-state index is 0.0475. The molecular formula is C18H22ClN3O. The average Bonchev–Trinajstić information content (AvgIpc) is 2.52. The largest absolute Gasteiger partial charge is 0.378 e. The van der Waals surface area contributed by atoms with E-state index >= 15 is 0 Å². The summed E-state index contributed by atoms with van der Waals surface area (Å²) in [6.45, 7) is 1.02. The standard InChI is InChI=1S/C18H22ClN3O/c1-22(2)17-8-6-16(7-9-17)21-18(23)13-20-11-10-14-4-3-5-15(19)12-14/h3-9,12,20H,10-11,13H2,1-2H3,(H,21,23). The Hall–Kier alpha value is -2.04. The van der Waals surface area contributed by atoms with Gasteiger partial charge in [-0.05, 0) is 54.9 Å². The Labute approximate surface area is 142 Å². The maximum Gasteiger partial charge on any atom is 0.238 e. The second-order valence-corrected chi connectivity index (χ2v) is 5.98. The minimum Gasteiger partial charge on any atom is -0.378 e. The molecule has 0 bridgehead atoms. The number of nitrogens with zero attached hydrogens (tertiary/aromatic N) is 1. The van der Waals surface area contributed by atoms with E-state index in [9.17, 15) is 4.79 Å². The van der Waals surface area contributed by atoms with Crippen molar-refractivity contribution >= 4 is 28.9 Å². The van der Waals surface area contributed by atoms with E-state index in [0.29, 0.717) is 0 Å². The minimum atomic E-state index is -0.0475. The lowest BCUT2D eigenvalue weighted by Crippen LogP contribution is -2.29. The van der Waals surface area contributed by atoms with Gasteiger partial charge in [-0.15, -0.1) is 0 Å². The molecule has 23 heavy (non-hydrogen) atoms. The van der Waals surface area contributed by atoms with Crippen LogP contribution in [0, 0.1) is 0 Å². The summed E-state index contributed by atoms with van der Waals surface area (Å²) in [4.78, 5) is 13.9. The van der Waals surface area contributed by atoms with Crippen LogP contribution in [0.5, 0.6) is 0 Å². The van der Waals surface area contributed by atoms with Gasteiger partial charge in [0.25, 0.3) is 0 Å². The molecule has 0 heterocycles. The maximum atomic E-state index is 11.9. The SMILES string of the molecule is CN(C)c1ccc(NC(=O)CNCCc2cccc(Cl)c2)cc1. The van der Waals surface area contributed by atoms with E-state index in [0.717, 1.165) is 34.9 Å². The maximum absolute atomic E-state index is 11.9. The smallest absolute Gasteiger partial charge is 0.238 e. The summed E-state index contributed by atoms with van der Waals surface area (Å²) in [6.07, 6.45) is 0.839. The zero-order valence-electron chi connectivity index (χ0n) is 13.5. The first kappa shape index (κ1) is 17.3. The second kappa shape index (κ2) is 8.56. The number of amides is 1. The Morgan fingerprint density at radius 2 is 1.87 bits per heavy atom. The molecule has 0 saturated carbocycles. The lowest BCUT2D eigenvalue weighted by Gasteiger charge is -2.13. The molecular weight excluding hydrogens is 310 g/mol. The van der Waals surface area contributed by atoms with E-state index in [1.54, 1.807) is 0 Å². The van der Waals surface area contributed by atoms with Gasteiger partial charge >= 0.3 is 0 Å². The Morgan fingerprint density at radius 1 is 1.13 bits per heavy atom. The van der Waals surface area contributed by atoms with E-state index in [1.807, 2.05) is 67.5 Å². The summed E-state index contributed by atoms with van der Waals surface area (Å²) in [5.74, 6) is -0.0475. The molecule has 2 aromatic carbocycles. The molecule has 122 valence electrons. The molecule has 2 rings (SSSR count). The van der Waals surface area contributed by atoms with Gasteiger partial charge in [0.05, 0.1) is 6.54 Å². The van der Waals surface area contributed by atoms with Crippen molar-refractivity contribution in [2.75, 3.05) is 37.4 Å². The molecule has 0 aliphatic rings. The van der Waals surface area contributed by atoms with Crippen LogP contribution in [-0.4, -0.2) is 33.1 Å². The molecule has 0 spiro atoms. The van der Waals surface area contributed by atoms with Crippen molar-refractivity contribution in [2.45, 2.75) is 6.42 Å². The van der Waals surface area contributed by atoms with Gasteiger partial charge in [0.15, 0.2) is 0 Å². The van der Waals surface area contributed by atoms with Crippen molar-refractivity contribution < 1.29 is 4.79 Å². The van der Waals surface area contributed by atoms with Crippen molar-refractivity contribution in [1.29, 1.82) is 0 Å². The monoisotopic (exact) mass is 331 g/mol. The Kier molecular flexibility index (Phi) is 6.44. The Bertz CT molecular complexity index is 641. The van der Waals surface area contributed by atoms with Crippen LogP contribution in [-0.2, 0) is 11.2 Å². The number of hydrogen-bond donors (Lipinski definition) is 2. The van der Waals surface area contributed by atoms with Crippen LogP contribution in [0.2, 0.25) is 5.02 Å². The van der Waals surface area contributed by atoms with Gasteiger partial charge < -0.3 is 15.5 Å². The molecule has 1 amide bonds. The third-order valence-electron chi connectivity index (χ3n) is 3.43. The van der Waals surface area contributed by atoms with Gasteiger partial charge in [-0.3, -0.25) is 4.79 Å². The van der Waals surface area contributed by atoms with Crippen LogP contribution in [0.1, 0.15) is 5.56 Å². The third kappa shape index (κ3) is 5.93. The summed E-state index contributed by atoms with van der Waals surface area (Å²) in [6, 6.07) is 15.5. The van der Waals surface area contributed by atoms with Crippen molar-refractivity contribution in [1.82, 2.24) is 5.32 Å². The predicted molar refractivity (Wildman–Crippen MR) is 97.4 cm³/mol. The van der Waals surface area contributed by atoms with E-state index in [2.05, 4.69) is 10.6 Å². The number of anilines is 2. The highest BCUT2D eigenvalue weighted by molar-refractivity contribution is 6.30. The molecule has 0 atom stereocenters. The van der Waals surface area contributed by atoms with Crippen molar-refractivity contribution in [3.05, 3.63) is 59.1 Å². The Balaban J connectivity index is 1.70. The molecule has 0 saturated heterocycles. The van der Waals surface area contributed by atoms with Gasteiger partial charge in [0, 0.05) is 30.5 Å². The normalized spacial score (nSPS) is 10.4. The number of hydrogen-bond acceptors (Lipinski definition) is 3. The van der Waals surface area contributed by atoms with Crippen LogP contribution >= 0.6 is 11.6 Å². The molecule has 4 nitrogen and oxygen atoms in total. The zero-order chi connectivity index (χ0) is 16.7. The average molecular weight is 332 g/mol. The predicted octanol–water partition coefficient (Wildman–Crippen LogP) is 3.18. The first-order valence-electron chi connectivity index (χ1n) is 7.57. The number of rotatable bonds is 7. The van der Waals surface area contributed by atoms with Crippen molar-refractivity contribution in [3.8, 4) is 0 Å². The van der Waals surface area contributed by atoms with E-state index < -0.39 is 0 Å². The van der Waals surface area contributed by atoms with Crippen LogP contribution in [0.15, 0.2) is 48.5 Å². The molecule has 0 aromatic heterocycles. The van der Waals surface area contributed by atoms with Crippen molar-refractivity contribution in [3.63, 3.8) is 0 Å². The quantitative estimate of drug-likeness (QED) is 0.766. The molecule has 0 radical (unpaired) electrons. The molecule has 5 heteroatoms. The van der Waals surface area contributed by atoms with E-state index in [-0.39, 0.29) is 12.5 Å². The molecule has 0 unspecified atom stereocenters. The first-order chi connectivity index (χ1) is 11.0. The molecule has 0 aliphatic heterocycles. The highest BCUT2D eigenvalue weighted by Gasteiger charge is 2.03. The number of carbonyl (C=O) groups is 1. The van der Waals surface area contributed by atoms with E-state index in [4.69, 9.17) is 11.6 Å². The van der Waals surface area contributed by atoms with Gasteiger partial charge in [-0.25, -0.2) is 0 Å². The van der Waals surface area contributed by atoms with E-state index in [1.165, 1.54) is 0 Å². The fourth-order valence-corrected chi connectivity index (χ4v) is 2.39. The summed E-state index contributed by atoms with van der Waals surface area (Å²) in [5.41, 5.74) is 3.06. The lowest BCUT2D eigenvalue weighted by molar-refractivity contribution is -0.115. The molecule has 2 aromatic rings. The molecule has 0 fully saturated rings. The molecule has 0 aliphatic carbocycles. The van der Waals surface area contributed by atoms with Crippen LogP contribution < -0.4 is 15.5 Å². The fourth-order valence-electron chi connectivity index (χ4n) is 2.18. The fraction of sp³-hybridized carbons (Fsp3) is 0.278. The topological polar surface area (TPSA) is 44.4 Å². The van der Waals surface area contributed by atoms with Gasteiger partial charge in [0.1, 0.15) is 0 Å². The van der Waals surface area contributed by atoms with Crippen molar-refractivity contribution in [2.24, 2.45) is 0 Å². The van der Waals surface area contributed by atoms with Gasteiger partial charge in [-0.2, -0.15) is 0 Å². The second-order valence-electron chi connectivity index (χ2n) is 5.55. The van der Waals surface area contributed by atoms with Gasteiger partial charge in [0.2, 0.25) is 5.91 Å². The number of nitrogens with one attached hydrogen (secondary N) is 2. The zero-order valence-corrected chi connectivity index (χ0v) is 14.2.